The molecular weight excluding hydrogens is 132 g/mol. The Morgan fingerprint density at radius 3 is 2.67 bits per heavy atom. The Labute approximate surface area is 59.5 Å². The van der Waals surface area contributed by atoms with Gasteiger partial charge in [0.2, 0.25) is 0 Å². The molecule has 9 heavy (non-hydrogen) atoms. The third-order valence-electron chi connectivity index (χ3n) is 1.48. The minimum atomic E-state index is 0.616. The van der Waals surface area contributed by atoms with Gasteiger partial charge in [0.1, 0.15) is 6.29 Å². The summed E-state index contributed by atoms with van der Waals surface area (Å²) in [5.74, 6) is 0. The molecule has 1 rings (SSSR count). The van der Waals surface area contributed by atoms with E-state index < -0.39 is 0 Å². The molecule has 0 fully saturated rings. The van der Waals surface area contributed by atoms with E-state index >= 15 is 0 Å². The zero-order valence-corrected chi connectivity index (χ0v) is 6.49. The van der Waals surface area contributed by atoms with Crippen LogP contribution in [0.15, 0.2) is 10.5 Å². The third kappa shape index (κ3) is 1.36. The normalized spacial score (nSPS) is 27.1. The Morgan fingerprint density at radius 2 is 2.44 bits per heavy atom. The Bertz CT molecular complexity index is 160. The van der Waals surface area contributed by atoms with E-state index in [0.29, 0.717) is 5.25 Å². The molecule has 50 valence electrons. The molecule has 0 saturated heterocycles. The number of aldehydes is 1. The van der Waals surface area contributed by atoms with E-state index in [4.69, 9.17) is 0 Å². The van der Waals surface area contributed by atoms with Gasteiger partial charge in [0, 0.05) is 10.8 Å². The Hall–Kier alpha value is -0.240. The predicted octanol–water partition coefficient (Wildman–Crippen LogP) is 1.98. The van der Waals surface area contributed by atoms with Gasteiger partial charge in [-0.2, -0.15) is 0 Å². The van der Waals surface area contributed by atoms with E-state index in [-0.39, 0.29) is 0 Å². The lowest BCUT2D eigenvalue weighted by Crippen LogP contribution is -1.89. The van der Waals surface area contributed by atoms with Crippen molar-refractivity contribution >= 4 is 18.0 Å². The van der Waals surface area contributed by atoms with Gasteiger partial charge in [-0.1, -0.05) is 6.92 Å². The summed E-state index contributed by atoms with van der Waals surface area (Å²) >= 11 is 1.80. The zero-order chi connectivity index (χ0) is 6.85. The van der Waals surface area contributed by atoms with Crippen molar-refractivity contribution in [2.45, 2.75) is 25.5 Å². The Kier molecular flexibility index (Phi) is 1.96. The summed E-state index contributed by atoms with van der Waals surface area (Å²) in [7, 11) is 0. The topological polar surface area (TPSA) is 17.1 Å². The lowest BCUT2D eigenvalue weighted by Gasteiger charge is -1.95. The molecule has 2 heteroatoms. The first-order chi connectivity index (χ1) is 4.24. The second-order valence-electron chi connectivity index (χ2n) is 2.33. The monoisotopic (exact) mass is 142 g/mol. The lowest BCUT2D eigenvalue weighted by atomic mass is 10.2. The molecule has 1 heterocycles. The fraction of sp³-hybridized carbons (Fsp3) is 0.571. The van der Waals surface area contributed by atoms with Gasteiger partial charge >= 0.3 is 0 Å². The predicted molar refractivity (Wildman–Crippen MR) is 40.4 cm³/mol. The summed E-state index contributed by atoms with van der Waals surface area (Å²) in [4.78, 5) is 11.5. The summed E-state index contributed by atoms with van der Waals surface area (Å²) in [6.07, 6.45) is 1.94. The van der Waals surface area contributed by atoms with Crippen molar-refractivity contribution in [1.29, 1.82) is 0 Å². The second kappa shape index (κ2) is 2.56. The lowest BCUT2D eigenvalue weighted by molar-refractivity contribution is -0.105. The fourth-order valence-corrected chi connectivity index (χ4v) is 2.15. The van der Waals surface area contributed by atoms with E-state index in [9.17, 15) is 4.79 Å². The van der Waals surface area contributed by atoms with Crippen molar-refractivity contribution < 1.29 is 4.79 Å². The van der Waals surface area contributed by atoms with Crippen molar-refractivity contribution in [3.05, 3.63) is 10.5 Å². The molecule has 0 bridgehead atoms. The van der Waals surface area contributed by atoms with Crippen LogP contribution in [0, 0.1) is 0 Å². The van der Waals surface area contributed by atoms with Gasteiger partial charge < -0.3 is 0 Å². The van der Waals surface area contributed by atoms with Crippen molar-refractivity contribution in [3.63, 3.8) is 0 Å². The standard InChI is InChI=1S/C7H10OS/c1-5-3-7(4-8)6(2)9-5/h4-5H,3H2,1-2H3. The Balaban J connectivity index is 2.69. The zero-order valence-electron chi connectivity index (χ0n) is 5.68. The third-order valence-corrected chi connectivity index (χ3v) is 2.66. The highest BCUT2D eigenvalue weighted by Crippen LogP contribution is 2.35. The first-order valence-electron chi connectivity index (χ1n) is 3.05. The molecule has 1 aliphatic heterocycles. The average Bonchev–Trinajstić information content (AvgIpc) is 2.10. The Morgan fingerprint density at radius 1 is 1.78 bits per heavy atom. The number of carbonyl (C=O) groups excluding carboxylic acids is 1. The molecule has 0 spiro atoms. The maximum Gasteiger partial charge on any atom is 0.146 e. The highest BCUT2D eigenvalue weighted by molar-refractivity contribution is 8.03. The highest BCUT2D eigenvalue weighted by atomic mass is 32.2. The van der Waals surface area contributed by atoms with Gasteiger partial charge in [0.25, 0.3) is 0 Å². The van der Waals surface area contributed by atoms with Crippen LogP contribution in [0.3, 0.4) is 0 Å². The van der Waals surface area contributed by atoms with Crippen molar-refractivity contribution in [2.75, 3.05) is 0 Å². The van der Waals surface area contributed by atoms with Gasteiger partial charge in [-0.05, 0) is 18.2 Å². The van der Waals surface area contributed by atoms with Crippen LogP contribution in [0.4, 0.5) is 0 Å². The first-order valence-corrected chi connectivity index (χ1v) is 3.93. The maximum atomic E-state index is 10.3. The van der Waals surface area contributed by atoms with Crippen LogP contribution < -0.4 is 0 Å². The molecule has 0 radical (unpaired) electrons. The smallest absolute Gasteiger partial charge is 0.146 e. The number of rotatable bonds is 1. The van der Waals surface area contributed by atoms with Crippen LogP contribution >= 0.6 is 11.8 Å². The van der Waals surface area contributed by atoms with E-state index in [1.54, 1.807) is 11.8 Å². The van der Waals surface area contributed by atoms with E-state index in [1.165, 1.54) is 4.91 Å². The van der Waals surface area contributed by atoms with Crippen LogP contribution in [0.25, 0.3) is 0 Å². The first kappa shape index (κ1) is 6.87. The summed E-state index contributed by atoms with van der Waals surface area (Å²) in [5.41, 5.74) is 0.993. The SMILES string of the molecule is CC1=C(C=O)CC(C)S1. The van der Waals surface area contributed by atoms with Gasteiger partial charge in [-0.3, -0.25) is 4.79 Å². The molecule has 1 aliphatic rings. The summed E-state index contributed by atoms with van der Waals surface area (Å²) in [6.45, 7) is 4.16. The molecule has 0 amide bonds. The molecule has 1 atom stereocenters. The molecule has 0 aromatic rings. The van der Waals surface area contributed by atoms with Gasteiger partial charge in [0.05, 0.1) is 0 Å². The van der Waals surface area contributed by atoms with E-state index in [1.807, 2.05) is 6.92 Å². The van der Waals surface area contributed by atoms with Crippen LogP contribution in [0.5, 0.6) is 0 Å². The summed E-state index contributed by atoms with van der Waals surface area (Å²) < 4.78 is 0. The number of thioether (sulfide) groups is 1. The number of carbonyl (C=O) groups is 1. The molecule has 0 saturated carbocycles. The minimum Gasteiger partial charge on any atom is -0.298 e. The molecule has 0 aliphatic carbocycles. The number of hydrogen-bond donors (Lipinski definition) is 0. The van der Waals surface area contributed by atoms with Crippen molar-refractivity contribution in [2.24, 2.45) is 0 Å². The average molecular weight is 142 g/mol. The highest BCUT2D eigenvalue weighted by Gasteiger charge is 2.17. The van der Waals surface area contributed by atoms with E-state index in [2.05, 4.69) is 6.92 Å². The van der Waals surface area contributed by atoms with Crippen LogP contribution in [0.1, 0.15) is 20.3 Å². The maximum absolute atomic E-state index is 10.3. The second-order valence-corrected chi connectivity index (χ2v) is 3.98. The fourth-order valence-electron chi connectivity index (χ4n) is 1.00. The summed E-state index contributed by atoms with van der Waals surface area (Å²) in [5, 5.41) is 0.616. The van der Waals surface area contributed by atoms with Crippen LogP contribution in [-0.2, 0) is 4.79 Å². The largest absolute Gasteiger partial charge is 0.298 e. The van der Waals surface area contributed by atoms with Crippen LogP contribution in [0.2, 0.25) is 0 Å². The van der Waals surface area contributed by atoms with Crippen molar-refractivity contribution in [3.8, 4) is 0 Å². The minimum absolute atomic E-state index is 0.616. The van der Waals surface area contributed by atoms with E-state index in [0.717, 1.165) is 18.3 Å². The number of hydrogen-bond acceptors (Lipinski definition) is 2. The molecule has 0 N–H and O–H groups in total. The molecule has 1 unspecified atom stereocenters. The quantitative estimate of drug-likeness (QED) is 0.521. The van der Waals surface area contributed by atoms with Crippen LogP contribution in [-0.4, -0.2) is 11.5 Å². The van der Waals surface area contributed by atoms with Gasteiger partial charge in [0.15, 0.2) is 0 Å². The number of allylic oxidation sites excluding steroid dienone is 2. The molecular formula is C7H10OS. The van der Waals surface area contributed by atoms with Gasteiger partial charge in [-0.15, -0.1) is 11.8 Å². The van der Waals surface area contributed by atoms with Gasteiger partial charge in [-0.25, -0.2) is 0 Å². The van der Waals surface area contributed by atoms with Crippen molar-refractivity contribution in [1.82, 2.24) is 0 Å². The molecule has 1 nitrogen and oxygen atoms in total. The molecule has 0 aromatic carbocycles. The molecule has 0 aromatic heterocycles. The summed E-state index contributed by atoms with van der Waals surface area (Å²) in [6, 6.07) is 0.